The molecule has 7 nitrogen and oxygen atoms in total. The zero-order valence-corrected chi connectivity index (χ0v) is 20.8. The summed E-state index contributed by atoms with van der Waals surface area (Å²) >= 11 is 1.65. The number of aryl methyl sites for hydroxylation is 1. The van der Waals surface area contributed by atoms with Crippen molar-refractivity contribution in [2.75, 3.05) is 11.4 Å². The van der Waals surface area contributed by atoms with E-state index in [0.717, 1.165) is 11.3 Å². The Morgan fingerprint density at radius 3 is 2.56 bits per heavy atom. The molecule has 0 saturated carbocycles. The van der Waals surface area contributed by atoms with Gasteiger partial charge in [-0.25, -0.2) is 8.42 Å². The largest absolute Gasteiger partial charge is 0.354 e. The van der Waals surface area contributed by atoms with Gasteiger partial charge < -0.3 is 10.2 Å². The number of thiophene rings is 1. The van der Waals surface area contributed by atoms with Crippen LogP contribution >= 0.6 is 11.3 Å². The van der Waals surface area contributed by atoms with E-state index in [9.17, 15) is 18.0 Å². The monoisotopic (exact) mass is 477 g/mol. The smallest absolute Gasteiger partial charge is 0.241 e. The number of sulfonamides is 1. The van der Waals surface area contributed by atoms with E-state index in [2.05, 4.69) is 10.0 Å². The van der Waals surface area contributed by atoms with Crippen molar-refractivity contribution < 1.29 is 18.0 Å². The van der Waals surface area contributed by atoms with Gasteiger partial charge in [-0.15, -0.1) is 11.3 Å². The van der Waals surface area contributed by atoms with Crippen LogP contribution in [0.1, 0.15) is 43.7 Å². The number of hydrogen-bond donors (Lipinski definition) is 2. The SMILES string of the molecule is CC(=O)N1c2ccc(S(=O)(=O)N[C@@H](C(=O)NCCc3sccc3C)C(C)C)cc2C[C@H]1C. The van der Waals surface area contributed by atoms with E-state index < -0.39 is 16.1 Å². The standard InChI is InChI=1S/C23H31N3O4S2/c1-14(2)22(23(28)24-10-8-21-15(3)9-11-31-21)25-32(29,30)19-6-7-20-18(13-19)12-16(4)26(20)17(5)27/h6-7,9,11,13-14,16,22,25H,8,10,12H2,1-5H3,(H,24,28)/t16-,22-/m1/s1. The van der Waals surface area contributed by atoms with Crippen LogP contribution in [0.3, 0.4) is 0 Å². The first kappa shape index (κ1) is 24.4. The van der Waals surface area contributed by atoms with Crippen LogP contribution in [0.4, 0.5) is 5.69 Å². The molecule has 0 fully saturated rings. The highest BCUT2D eigenvalue weighted by molar-refractivity contribution is 7.89. The van der Waals surface area contributed by atoms with Crippen molar-refractivity contribution in [3.63, 3.8) is 0 Å². The van der Waals surface area contributed by atoms with Gasteiger partial charge in [0.25, 0.3) is 0 Å². The third kappa shape index (κ3) is 5.22. The molecule has 1 aromatic carbocycles. The average Bonchev–Trinajstić information content (AvgIpc) is 3.26. The quantitative estimate of drug-likeness (QED) is 0.611. The molecule has 0 radical (unpaired) electrons. The molecule has 9 heteroatoms. The van der Waals surface area contributed by atoms with Gasteiger partial charge in [0.15, 0.2) is 0 Å². The number of fused-ring (bicyclic) bond motifs is 1. The Balaban J connectivity index is 1.71. The third-order valence-corrected chi connectivity index (χ3v) is 8.29. The summed E-state index contributed by atoms with van der Waals surface area (Å²) in [5.41, 5.74) is 2.75. The molecule has 2 heterocycles. The van der Waals surface area contributed by atoms with Gasteiger partial charge in [0.05, 0.1) is 4.90 Å². The molecule has 2 N–H and O–H groups in total. The molecule has 1 aromatic heterocycles. The van der Waals surface area contributed by atoms with Crippen molar-refractivity contribution in [2.24, 2.45) is 5.92 Å². The molecule has 2 amide bonds. The normalized spacial score (nSPS) is 16.8. The lowest BCUT2D eigenvalue weighted by molar-refractivity contribution is -0.123. The Hall–Kier alpha value is -2.23. The van der Waals surface area contributed by atoms with Crippen LogP contribution in [-0.2, 0) is 32.5 Å². The maximum atomic E-state index is 13.1. The summed E-state index contributed by atoms with van der Waals surface area (Å²) in [5.74, 6) is -0.634. The van der Waals surface area contributed by atoms with Crippen LogP contribution in [0.2, 0.25) is 0 Å². The second-order valence-corrected chi connectivity index (χ2v) is 11.4. The summed E-state index contributed by atoms with van der Waals surface area (Å²) in [5, 5.41) is 4.88. The van der Waals surface area contributed by atoms with Gasteiger partial charge in [0.2, 0.25) is 21.8 Å². The van der Waals surface area contributed by atoms with Crippen LogP contribution in [0.15, 0.2) is 34.5 Å². The number of rotatable bonds is 8. The summed E-state index contributed by atoms with van der Waals surface area (Å²) in [4.78, 5) is 27.7. The van der Waals surface area contributed by atoms with Gasteiger partial charge in [-0.3, -0.25) is 9.59 Å². The van der Waals surface area contributed by atoms with Crippen LogP contribution < -0.4 is 14.9 Å². The fourth-order valence-corrected chi connectivity index (χ4v) is 6.36. The summed E-state index contributed by atoms with van der Waals surface area (Å²) in [6, 6.07) is 5.90. The molecule has 1 aliphatic rings. The number of nitrogens with zero attached hydrogens (tertiary/aromatic N) is 1. The molecule has 2 aromatic rings. The number of hydrogen-bond acceptors (Lipinski definition) is 5. The summed E-state index contributed by atoms with van der Waals surface area (Å²) in [6.45, 7) is 9.54. The maximum absolute atomic E-state index is 13.1. The lowest BCUT2D eigenvalue weighted by Crippen LogP contribution is -2.49. The number of nitrogens with one attached hydrogen (secondary N) is 2. The van der Waals surface area contributed by atoms with Gasteiger partial charge in [-0.1, -0.05) is 13.8 Å². The van der Waals surface area contributed by atoms with Crippen molar-refractivity contribution in [2.45, 2.75) is 64.4 Å². The van der Waals surface area contributed by atoms with Gasteiger partial charge in [-0.05, 0) is 73.4 Å². The Bertz CT molecular complexity index is 1110. The average molecular weight is 478 g/mol. The van der Waals surface area contributed by atoms with Crippen molar-refractivity contribution in [3.05, 3.63) is 45.6 Å². The lowest BCUT2D eigenvalue weighted by Gasteiger charge is -2.22. The fourth-order valence-electron chi connectivity index (χ4n) is 4.05. The minimum Gasteiger partial charge on any atom is -0.354 e. The molecule has 0 unspecified atom stereocenters. The highest BCUT2D eigenvalue weighted by Crippen LogP contribution is 2.34. The number of amides is 2. The topological polar surface area (TPSA) is 95.6 Å². The second-order valence-electron chi connectivity index (χ2n) is 8.64. The molecule has 0 aliphatic carbocycles. The Kier molecular flexibility index (Phi) is 7.42. The van der Waals surface area contributed by atoms with E-state index >= 15 is 0 Å². The van der Waals surface area contributed by atoms with Crippen LogP contribution in [0.5, 0.6) is 0 Å². The van der Waals surface area contributed by atoms with Crippen molar-refractivity contribution >= 4 is 38.9 Å². The van der Waals surface area contributed by atoms with Gasteiger partial charge in [-0.2, -0.15) is 4.72 Å². The number of anilines is 1. The molecule has 0 spiro atoms. The van der Waals surface area contributed by atoms with Crippen molar-refractivity contribution in [1.29, 1.82) is 0 Å². The Morgan fingerprint density at radius 1 is 1.25 bits per heavy atom. The van der Waals surface area contributed by atoms with E-state index in [-0.39, 0.29) is 28.7 Å². The molecule has 1 aliphatic heterocycles. The molecule has 174 valence electrons. The molecule has 32 heavy (non-hydrogen) atoms. The Labute approximate surface area is 194 Å². The lowest BCUT2D eigenvalue weighted by atomic mass is 10.1. The predicted molar refractivity (Wildman–Crippen MR) is 127 cm³/mol. The number of carbonyl (C=O) groups is 2. The summed E-state index contributed by atoms with van der Waals surface area (Å²) in [7, 11) is -3.91. The molecular formula is C23H31N3O4S2. The second kappa shape index (κ2) is 9.72. The van der Waals surface area contributed by atoms with Gasteiger partial charge in [0.1, 0.15) is 6.04 Å². The summed E-state index contributed by atoms with van der Waals surface area (Å²) in [6.07, 6.45) is 1.30. The molecule has 0 saturated heterocycles. The first-order valence-corrected chi connectivity index (χ1v) is 13.1. The van der Waals surface area contributed by atoms with Gasteiger partial charge >= 0.3 is 0 Å². The number of carbonyl (C=O) groups excluding carboxylic acids is 2. The maximum Gasteiger partial charge on any atom is 0.241 e. The van der Waals surface area contributed by atoms with Crippen molar-refractivity contribution in [1.82, 2.24) is 10.0 Å². The zero-order valence-electron chi connectivity index (χ0n) is 19.1. The van der Waals surface area contributed by atoms with Crippen molar-refractivity contribution in [3.8, 4) is 0 Å². The van der Waals surface area contributed by atoms with E-state index in [1.54, 1.807) is 28.4 Å². The molecule has 2 atom stereocenters. The minimum atomic E-state index is -3.91. The molecule has 0 bridgehead atoms. The predicted octanol–water partition coefficient (Wildman–Crippen LogP) is 3.02. The van der Waals surface area contributed by atoms with Crippen LogP contribution in [-0.4, -0.2) is 38.9 Å². The third-order valence-electron chi connectivity index (χ3n) is 5.77. The highest BCUT2D eigenvalue weighted by Gasteiger charge is 2.32. The Morgan fingerprint density at radius 2 is 1.97 bits per heavy atom. The van der Waals surface area contributed by atoms with Crippen LogP contribution in [0, 0.1) is 12.8 Å². The zero-order chi connectivity index (χ0) is 23.6. The molecule has 3 rings (SSSR count). The minimum absolute atomic E-state index is 0.0189. The first-order valence-electron chi connectivity index (χ1n) is 10.8. The molecular weight excluding hydrogens is 446 g/mol. The summed E-state index contributed by atoms with van der Waals surface area (Å²) < 4.78 is 28.7. The van der Waals surface area contributed by atoms with Gasteiger partial charge in [0, 0.05) is 30.1 Å². The fraction of sp³-hybridized carbons (Fsp3) is 0.478. The van der Waals surface area contributed by atoms with E-state index in [1.807, 2.05) is 39.1 Å². The van der Waals surface area contributed by atoms with Crippen LogP contribution in [0.25, 0.3) is 0 Å². The van der Waals surface area contributed by atoms with E-state index in [0.29, 0.717) is 19.4 Å². The van der Waals surface area contributed by atoms with E-state index in [1.165, 1.54) is 23.4 Å². The first-order chi connectivity index (χ1) is 15.0. The number of benzene rings is 1. The highest BCUT2D eigenvalue weighted by atomic mass is 32.2. The van der Waals surface area contributed by atoms with E-state index in [4.69, 9.17) is 0 Å².